The molecule has 3 rings (SSSR count). The molecule has 0 spiro atoms. The van der Waals surface area contributed by atoms with E-state index in [1.165, 1.54) is 6.08 Å². The lowest BCUT2D eigenvalue weighted by molar-refractivity contribution is -0.111. The number of aryl methyl sites for hydroxylation is 1. The van der Waals surface area contributed by atoms with Gasteiger partial charge in [-0.3, -0.25) is 4.79 Å². The van der Waals surface area contributed by atoms with Gasteiger partial charge in [0.2, 0.25) is 5.91 Å². The molecule has 5 heteroatoms. The fourth-order valence-electron chi connectivity index (χ4n) is 2.19. The molecule has 0 radical (unpaired) electrons. The number of rotatable bonds is 3. The maximum atomic E-state index is 12.0. The third-order valence-electron chi connectivity index (χ3n) is 3.28. The summed E-state index contributed by atoms with van der Waals surface area (Å²) >= 11 is 11.8. The Kier molecular flexibility index (Phi) is 4.42. The fraction of sp³-hybridized carbons (Fsp3) is 0.0556. The molecule has 1 heterocycles. The van der Waals surface area contributed by atoms with E-state index >= 15 is 0 Å². The van der Waals surface area contributed by atoms with E-state index in [-0.39, 0.29) is 5.91 Å². The number of nitrogens with one attached hydrogen (secondary N) is 1. The van der Waals surface area contributed by atoms with Gasteiger partial charge in [-0.25, -0.2) is 0 Å². The van der Waals surface area contributed by atoms with Crippen LogP contribution in [0.2, 0.25) is 10.0 Å². The van der Waals surface area contributed by atoms with Gasteiger partial charge >= 0.3 is 0 Å². The van der Waals surface area contributed by atoms with Crippen LogP contribution in [0.4, 0.5) is 5.69 Å². The number of carbonyl (C=O) groups excluding carboxylic acids is 1. The Morgan fingerprint density at radius 2 is 1.96 bits per heavy atom. The highest BCUT2D eigenvalue weighted by atomic mass is 35.5. The van der Waals surface area contributed by atoms with Crippen LogP contribution in [0.1, 0.15) is 11.3 Å². The summed E-state index contributed by atoms with van der Waals surface area (Å²) in [5, 5.41) is 4.60. The first-order chi connectivity index (χ1) is 11.0. The van der Waals surface area contributed by atoms with Crippen LogP contribution in [0.15, 0.2) is 53.0 Å². The van der Waals surface area contributed by atoms with Crippen LogP contribution >= 0.6 is 23.2 Å². The summed E-state index contributed by atoms with van der Waals surface area (Å²) in [5.74, 6) is 0.314. The first kappa shape index (κ1) is 15.7. The van der Waals surface area contributed by atoms with Crippen molar-refractivity contribution in [1.82, 2.24) is 0 Å². The molecule has 0 aliphatic heterocycles. The number of anilines is 1. The van der Waals surface area contributed by atoms with E-state index in [2.05, 4.69) is 5.32 Å². The van der Waals surface area contributed by atoms with Gasteiger partial charge in [0.15, 0.2) is 0 Å². The third-order valence-corrected chi connectivity index (χ3v) is 3.83. The molecule has 1 N–H and O–H groups in total. The minimum atomic E-state index is -0.300. The van der Waals surface area contributed by atoms with Crippen LogP contribution in [0.25, 0.3) is 17.0 Å². The smallest absolute Gasteiger partial charge is 0.248 e. The third kappa shape index (κ3) is 3.76. The number of benzene rings is 2. The van der Waals surface area contributed by atoms with Crippen LogP contribution in [0, 0.1) is 6.92 Å². The normalized spacial score (nSPS) is 11.3. The zero-order valence-electron chi connectivity index (χ0n) is 12.3. The van der Waals surface area contributed by atoms with Crippen molar-refractivity contribution in [2.45, 2.75) is 6.92 Å². The van der Waals surface area contributed by atoms with Crippen LogP contribution in [0.3, 0.4) is 0 Å². The molecule has 3 nitrogen and oxygen atoms in total. The first-order valence-electron chi connectivity index (χ1n) is 6.95. The molecule has 0 saturated heterocycles. The number of fused-ring (bicyclic) bond motifs is 1. The van der Waals surface area contributed by atoms with E-state index in [1.807, 2.05) is 31.2 Å². The highest BCUT2D eigenvalue weighted by Gasteiger charge is 2.05. The maximum Gasteiger partial charge on any atom is 0.248 e. The second-order valence-electron chi connectivity index (χ2n) is 5.14. The highest BCUT2D eigenvalue weighted by Crippen LogP contribution is 2.25. The molecule has 0 atom stereocenters. The first-order valence-corrected chi connectivity index (χ1v) is 7.71. The zero-order valence-corrected chi connectivity index (χ0v) is 13.8. The molecule has 3 aromatic rings. The van der Waals surface area contributed by atoms with Gasteiger partial charge in [-0.15, -0.1) is 0 Å². The Balaban J connectivity index is 1.74. The van der Waals surface area contributed by atoms with Crippen LogP contribution < -0.4 is 5.32 Å². The van der Waals surface area contributed by atoms with E-state index in [0.717, 1.165) is 16.5 Å². The minimum Gasteiger partial charge on any atom is -0.457 e. The van der Waals surface area contributed by atoms with Crippen LogP contribution in [0.5, 0.6) is 0 Å². The second kappa shape index (κ2) is 6.49. The van der Waals surface area contributed by atoms with Gasteiger partial charge in [0.05, 0.1) is 10.7 Å². The number of carbonyl (C=O) groups is 1. The molecule has 116 valence electrons. The highest BCUT2D eigenvalue weighted by molar-refractivity contribution is 6.36. The number of halogens is 2. The summed E-state index contributed by atoms with van der Waals surface area (Å²) in [6.45, 7) is 2.02. The maximum absolute atomic E-state index is 12.0. The summed E-state index contributed by atoms with van der Waals surface area (Å²) in [6, 6.07) is 12.7. The van der Waals surface area contributed by atoms with Crippen molar-refractivity contribution in [2.75, 3.05) is 5.32 Å². The lowest BCUT2D eigenvalue weighted by Gasteiger charge is -2.04. The van der Waals surface area contributed by atoms with Gasteiger partial charge in [-0.05, 0) is 49.4 Å². The van der Waals surface area contributed by atoms with Crippen molar-refractivity contribution in [2.24, 2.45) is 0 Å². The standard InChI is InChI=1S/C18H13Cl2NO2/c1-11-2-6-17-12(8-11)9-14(23-17)4-7-18(22)21-16-5-3-13(19)10-15(16)20/h2-10H,1H3,(H,21,22)/b7-4+. The van der Waals surface area contributed by atoms with Crippen molar-refractivity contribution in [3.05, 3.63) is 69.9 Å². The summed E-state index contributed by atoms with van der Waals surface area (Å²) in [7, 11) is 0. The number of hydrogen-bond acceptors (Lipinski definition) is 2. The Bertz CT molecular complexity index is 913. The monoisotopic (exact) mass is 345 g/mol. The van der Waals surface area contributed by atoms with Gasteiger partial charge in [0, 0.05) is 16.5 Å². The van der Waals surface area contributed by atoms with Gasteiger partial charge in [0.25, 0.3) is 0 Å². The molecule has 0 bridgehead atoms. The van der Waals surface area contributed by atoms with Gasteiger partial charge in [0.1, 0.15) is 11.3 Å². The van der Waals surface area contributed by atoms with E-state index < -0.39 is 0 Å². The number of hydrogen-bond donors (Lipinski definition) is 1. The van der Waals surface area contributed by atoms with Crippen molar-refractivity contribution >= 4 is 51.8 Å². The minimum absolute atomic E-state index is 0.300. The van der Waals surface area contributed by atoms with Crippen LogP contribution in [-0.4, -0.2) is 5.91 Å². The van der Waals surface area contributed by atoms with Gasteiger partial charge in [-0.1, -0.05) is 34.8 Å². The Labute approximate surface area is 143 Å². The molecule has 0 saturated carbocycles. The van der Waals surface area contributed by atoms with E-state index in [1.54, 1.807) is 24.3 Å². The molecule has 0 aliphatic rings. The van der Waals surface area contributed by atoms with Gasteiger partial charge in [-0.2, -0.15) is 0 Å². The molecular weight excluding hydrogens is 333 g/mol. The predicted octanol–water partition coefficient (Wildman–Crippen LogP) is 5.70. The lowest BCUT2D eigenvalue weighted by Crippen LogP contribution is -2.07. The molecule has 23 heavy (non-hydrogen) atoms. The molecule has 1 amide bonds. The van der Waals surface area contributed by atoms with Crippen molar-refractivity contribution in [3.63, 3.8) is 0 Å². The van der Waals surface area contributed by atoms with Gasteiger partial charge < -0.3 is 9.73 Å². The zero-order chi connectivity index (χ0) is 16.4. The molecular formula is C18H13Cl2NO2. The summed E-state index contributed by atoms with van der Waals surface area (Å²) < 4.78 is 5.65. The summed E-state index contributed by atoms with van der Waals surface area (Å²) in [4.78, 5) is 12.0. The predicted molar refractivity (Wildman–Crippen MR) is 95.1 cm³/mol. The number of furan rings is 1. The number of amides is 1. The second-order valence-corrected chi connectivity index (χ2v) is 5.98. The Morgan fingerprint density at radius 1 is 1.13 bits per heavy atom. The fourth-order valence-corrected chi connectivity index (χ4v) is 2.64. The lowest BCUT2D eigenvalue weighted by atomic mass is 10.2. The average molecular weight is 346 g/mol. The molecule has 2 aromatic carbocycles. The Hall–Kier alpha value is -2.23. The molecule has 1 aromatic heterocycles. The molecule has 0 fully saturated rings. The van der Waals surface area contributed by atoms with E-state index in [9.17, 15) is 4.79 Å². The quantitative estimate of drug-likeness (QED) is 0.618. The molecule has 0 aliphatic carbocycles. The van der Waals surface area contributed by atoms with Crippen LogP contribution in [-0.2, 0) is 4.79 Å². The van der Waals surface area contributed by atoms with Crippen molar-refractivity contribution in [1.29, 1.82) is 0 Å². The Morgan fingerprint density at radius 3 is 2.74 bits per heavy atom. The topological polar surface area (TPSA) is 42.2 Å². The van der Waals surface area contributed by atoms with Crippen molar-refractivity contribution in [3.8, 4) is 0 Å². The SMILES string of the molecule is Cc1ccc2oc(/C=C/C(=O)Nc3ccc(Cl)cc3Cl)cc2c1. The van der Waals surface area contributed by atoms with Crippen molar-refractivity contribution < 1.29 is 9.21 Å². The van der Waals surface area contributed by atoms with E-state index in [0.29, 0.717) is 21.5 Å². The average Bonchev–Trinajstić information content (AvgIpc) is 2.90. The summed E-state index contributed by atoms with van der Waals surface area (Å²) in [5.41, 5.74) is 2.45. The molecule has 0 unspecified atom stereocenters. The van der Waals surface area contributed by atoms with E-state index in [4.69, 9.17) is 27.6 Å². The summed E-state index contributed by atoms with van der Waals surface area (Å²) in [6.07, 6.45) is 3.02. The largest absolute Gasteiger partial charge is 0.457 e.